The van der Waals surface area contributed by atoms with Crippen LogP contribution in [-0.2, 0) is 4.79 Å². The second-order valence-electron chi connectivity index (χ2n) is 2.78. The lowest BCUT2D eigenvalue weighted by molar-refractivity contribution is -0.135. The van der Waals surface area contributed by atoms with Crippen LogP contribution in [0.3, 0.4) is 0 Å². The van der Waals surface area contributed by atoms with Gasteiger partial charge in [-0.25, -0.2) is 0 Å². The van der Waals surface area contributed by atoms with Gasteiger partial charge in [-0.15, -0.1) is 6.58 Å². The van der Waals surface area contributed by atoms with Gasteiger partial charge in [0.2, 0.25) is 0 Å². The van der Waals surface area contributed by atoms with Gasteiger partial charge < -0.3 is 16.2 Å². The monoisotopic (exact) mass is 202 g/mol. The van der Waals surface area contributed by atoms with E-state index in [0.717, 1.165) is 19.5 Å². The van der Waals surface area contributed by atoms with E-state index in [4.69, 9.17) is 5.11 Å². The molecule has 0 atom stereocenters. The van der Waals surface area contributed by atoms with Crippen molar-refractivity contribution in [3.8, 4) is 0 Å². The number of hydrogen-bond donors (Lipinski definition) is 3. The summed E-state index contributed by atoms with van der Waals surface area (Å²) in [5, 5.41) is 10.9. The lowest BCUT2D eigenvalue weighted by Crippen LogP contribution is -2.15. The van der Waals surface area contributed by atoms with Gasteiger partial charge in [0, 0.05) is 0 Å². The van der Waals surface area contributed by atoms with Crippen molar-refractivity contribution in [3.05, 3.63) is 12.7 Å². The van der Waals surface area contributed by atoms with Crippen LogP contribution in [0.1, 0.15) is 26.2 Å². The summed E-state index contributed by atoms with van der Waals surface area (Å²) in [5.74, 6) is -0.968. The highest BCUT2D eigenvalue weighted by Gasteiger charge is 1.82. The Hall–Kier alpha value is -0.870. The number of carbonyl (C=O) groups is 1. The summed E-state index contributed by atoms with van der Waals surface area (Å²) in [6.07, 6.45) is 5.60. The lowest BCUT2D eigenvalue weighted by Gasteiger charge is -1.98. The van der Waals surface area contributed by atoms with Gasteiger partial charge in [0.1, 0.15) is 0 Å². The normalized spacial score (nSPS) is 8.71. The number of hydrogen-bond acceptors (Lipinski definition) is 3. The number of aliphatic carboxylic acids is 1. The van der Waals surface area contributed by atoms with E-state index in [-0.39, 0.29) is 6.54 Å². The van der Waals surface area contributed by atoms with Gasteiger partial charge in [0.05, 0.1) is 6.54 Å². The van der Waals surface area contributed by atoms with Gasteiger partial charge in [0.15, 0.2) is 0 Å². The molecule has 4 nitrogen and oxygen atoms in total. The van der Waals surface area contributed by atoms with E-state index in [9.17, 15) is 4.79 Å². The maximum Gasteiger partial charge on any atom is 0.317 e. The Balaban J connectivity index is 0. The Labute approximate surface area is 86.2 Å². The first-order valence-corrected chi connectivity index (χ1v) is 4.92. The third-order valence-corrected chi connectivity index (χ3v) is 1.41. The largest absolute Gasteiger partial charge is 0.480 e. The maximum absolute atomic E-state index is 9.24. The van der Waals surface area contributed by atoms with Crippen molar-refractivity contribution in [2.75, 3.05) is 19.6 Å². The number of rotatable bonds is 7. The zero-order valence-electron chi connectivity index (χ0n) is 8.96. The first kappa shape index (κ1) is 15.6. The predicted molar refractivity (Wildman–Crippen MR) is 59.3 cm³/mol. The molecule has 0 saturated heterocycles. The fourth-order valence-electron chi connectivity index (χ4n) is 0.631. The molecule has 0 unspecified atom stereocenters. The van der Waals surface area contributed by atoms with Crippen molar-refractivity contribution in [3.63, 3.8) is 0 Å². The van der Waals surface area contributed by atoms with Crippen LogP contribution < -0.4 is 11.1 Å². The fourth-order valence-corrected chi connectivity index (χ4v) is 0.631. The summed E-state index contributed by atoms with van der Waals surface area (Å²) in [5.41, 5.74) is 4.57. The van der Waals surface area contributed by atoms with E-state index >= 15 is 0 Å². The Morgan fingerprint density at radius 1 is 1.57 bits per heavy atom. The smallest absolute Gasteiger partial charge is 0.317 e. The molecule has 4 N–H and O–H groups in total. The van der Waals surface area contributed by atoms with Gasteiger partial charge in [-0.05, 0) is 25.9 Å². The Bertz CT molecular complexity index is 138. The van der Waals surface area contributed by atoms with Crippen LogP contribution in [0.4, 0.5) is 0 Å². The molecular weight excluding hydrogens is 180 g/mol. The van der Waals surface area contributed by atoms with E-state index in [1.807, 2.05) is 6.08 Å². The number of nitrogens with two attached hydrogens (primary N) is 1. The van der Waals surface area contributed by atoms with Crippen LogP contribution in [-0.4, -0.2) is 30.7 Å². The number of carboxylic acids is 1. The van der Waals surface area contributed by atoms with Crippen molar-refractivity contribution in [2.45, 2.75) is 26.2 Å². The highest BCUT2D eigenvalue weighted by atomic mass is 16.4. The maximum atomic E-state index is 9.24. The molecule has 0 aromatic heterocycles. The summed E-state index contributed by atoms with van der Waals surface area (Å²) in [7, 11) is 0. The van der Waals surface area contributed by atoms with Crippen LogP contribution in [0.5, 0.6) is 0 Å². The van der Waals surface area contributed by atoms with Crippen molar-refractivity contribution >= 4 is 5.97 Å². The first-order chi connectivity index (χ1) is 6.68. The molecule has 0 saturated carbocycles. The Morgan fingerprint density at radius 2 is 2.14 bits per heavy atom. The molecule has 0 aliphatic rings. The molecule has 0 heterocycles. The van der Waals surface area contributed by atoms with Gasteiger partial charge in [-0.3, -0.25) is 4.79 Å². The molecule has 0 fully saturated rings. The number of unbranched alkanes of at least 4 members (excludes halogenated alkanes) is 1. The topological polar surface area (TPSA) is 75.3 Å². The third-order valence-electron chi connectivity index (χ3n) is 1.41. The minimum atomic E-state index is -0.968. The van der Waals surface area contributed by atoms with Gasteiger partial charge in [-0.1, -0.05) is 19.4 Å². The summed E-state index contributed by atoms with van der Waals surface area (Å²) in [4.78, 5) is 9.24. The zero-order chi connectivity index (χ0) is 11.2. The van der Waals surface area contributed by atoms with Crippen LogP contribution >= 0.6 is 0 Å². The molecule has 0 aromatic rings. The molecule has 0 aliphatic heterocycles. The molecule has 0 radical (unpaired) electrons. The molecule has 0 spiro atoms. The minimum absolute atomic E-state index is 0.278. The molecule has 0 rings (SSSR count). The molecule has 0 bridgehead atoms. The Kier molecular flexibility index (Phi) is 16.3. The van der Waals surface area contributed by atoms with E-state index in [0.29, 0.717) is 0 Å². The second kappa shape index (κ2) is 14.6. The van der Waals surface area contributed by atoms with Crippen LogP contribution in [0, 0.1) is 0 Å². The molecule has 4 heteroatoms. The van der Waals surface area contributed by atoms with Gasteiger partial charge >= 0.3 is 5.97 Å². The first-order valence-electron chi connectivity index (χ1n) is 4.92. The number of carboxylic acid groups (broad SMARTS) is 1. The fraction of sp³-hybridized carbons (Fsp3) is 0.700. The van der Waals surface area contributed by atoms with E-state index < -0.39 is 5.97 Å². The van der Waals surface area contributed by atoms with E-state index in [2.05, 4.69) is 24.6 Å². The van der Waals surface area contributed by atoms with Crippen molar-refractivity contribution in [2.24, 2.45) is 5.73 Å². The van der Waals surface area contributed by atoms with Crippen LogP contribution in [0.15, 0.2) is 12.7 Å². The average Bonchev–Trinajstić information content (AvgIpc) is 2.19. The van der Waals surface area contributed by atoms with Crippen molar-refractivity contribution in [1.82, 2.24) is 5.32 Å². The lowest BCUT2D eigenvalue weighted by atomic mass is 10.3. The van der Waals surface area contributed by atoms with Gasteiger partial charge in [-0.2, -0.15) is 0 Å². The zero-order valence-corrected chi connectivity index (χ0v) is 8.96. The summed E-state index contributed by atoms with van der Waals surface area (Å²) in [6, 6.07) is 0. The number of nitrogens with one attached hydrogen (secondary N) is 1. The molecular formula is C10H22N2O2. The second-order valence-corrected chi connectivity index (χ2v) is 2.78. The summed E-state index contributed by atoms with van der Waals surface area (Å²) < 4.78 is 0. The molecule has 14 heavy (non-hydrogen) atoms. The highest BCUT2D eigenvalue weighted by Crippen LogP contribution is 1.82. The Morgan fingerprint density at radius 3 is 2.50 bits per heavy atom. The quantitative estimate of drug-likeness (QED) is 0.425. The van der Waals surface area contributed by atoms with Crippen molar-refractivity contribution in [1.29, 1.82) is 0 Å². The highest BCUT2D eigenvalue weighted by molar-refractivity contribution is 5.68. The van der Waals surface area contributed by atoms with E-state index in [1.54, 1.807) is 0 Å². The molecule has 0 amide bonds. The summed E-state index contributed by atoms with van der Waals surface area (Å²) in [6.45, 7) is 7.81. The standard InChI is InChI=1S/C8H17N.C2H5NO2/c1-3-5-7-9-8-6-4-2;3-1-2(4)5/h3,9H,1,4-8H2,2H3;1,3H2,(H,4,5). The van der Waals surface area contributed by atoms with Crippen LogP contribution in [0.2, 0.25) is 0 Å². The van der Waals surface area contributed by atoms with Gasteiger partial charge in [0.25, 0.3) is 0 Å². The molecule has 0 aliphatic carbocycles. The van der Waals surface area contributed by atoms with E-state index in [1.165, 1.54) is 12.8 Å². The van der Waals surface area contributed by atoms with Crippen molar-refractivity contribution < 1.29 is 9.90 Å². The SMILES string of the molecule is C=CCCNCCCC.NCC(=O)O. The minimum Gasteiger partial charge on any atom is -0.480 e. The summed E-state index contributed by atoms with van der Waals surface area (Å²) >= 11 is 0. The molecule has 0 aromatic carbocycles. The van der Waals surface area contributed by atoms with Crippen LogP contribution in [0.25, 0.3) is 0 Å². The predicted octanol–water partition coefficient (Wildman–Crippen LogP) is 0.982. The average molecular weight is 202 g/mol. The third kappa shape index (κ3) is 22.5. The molecule has 84 valence electrons.